The molecule has 0 aliphatic carbocycles. The zero-order valence-electron chi connectivity index (χ0n) is 9.24. The average Bonchev–Trinajstić information content (AvgIpc) is 2.46. The molecule has 14 heavy (non-hydrogen) atoms. The van der Waals surface area contributed by atoms with Gasteiger partial charge in [-0.25, -0.2) is 0 Å². The highest BCUT2D eigenvalue weighted by molar-refractivity contribution is 6.20. The van der Waals surface area contributed by atoms with Crippen molar-refractivity contribution in [3.05, 3.63) is 11.9 Å². The molecule has 0 aromatic carbocycles. The first kappa shape index (κ1) is 11.5. The van der Waals surface area contributed by atoms with Crippen molar-refractivity contribution in [2.45, 2.75) is 32.6 Å². The maximum absolute atomic E-state index is 6.14. The summed E-state index contributed by atoms with van der Waals surface area (Å²) in [7, 11) is 1.88. The number of rotatable bonds is 4. The third-order valence-electron chi connectivity index (χ3n) is 2.54. The van der Waals surface area contributed by atoms with Crippen molar-refractivity contribution in [3.63, 3.8) is 0 Å². The van der Waals surface area contributed by atoms with E-state index in [0.717, 1.165) is 12.1 Å². The van der Waals surface area contributed by atoms with Gasteiger partial charge in [0, 0.05) is 18.6 Å². The number of hydrogen-bond donors (Lipinski definition) is 0. The lowest BCUT2D eigenvalue weighted by Crippen LogP contribution is -2.20. The number of halogens is 1. The van der Waals surface area contributed by atoms with Gasteiger partial charge in [0.15, 0.2) is 0 Å². The zero-order chi connectivity index (χ0) is 10.7. The number of nitrogens with zero attached hydrogens (tertiary/aromatic N) is 3. The molecule has 0 fully saturated rings. The Bertz CT molecular complexity index is 273. The van der Waals surface area contributed by atoms with Crippen molar-refractivity contribution in [1.82, 2.24) is 15.0 Å². The number of aryl methyl sites for hydroxylation is 1. The lowest BCUT2D eigenvalue weighted by atomic mass is 9.89. The van der Waals surface area contributed by atoms with Crippen molar-refractivity contribution < 1.29 is 0 Å². The van der Waals surface area contributed by atoms with Crippen molar-refractivity contribution in [1.29, 1.82) is 0 Å². The molecule has 0 bridgehead atoms. The monoisotopic (exact) mass is 215 g/mol. The normalized spacial score (nSPS) is 15.9. The van der Waals surface area contributed by atoms with Gasteiger partial charge in [0.05, 0.1) is 5.69 Å². The molecule has 1 heterocycles. The Labute approximate surface area is 90.4 Å². The molecule has 0 radical (unpaired) electrons. The molecule has 80 valence electrons. The summed E-state index contributed by atoms with van der Waals surface area (Å²) in [5, 5.41) is 8.16. The van der Waals surface area contributed by atoms with Crippen LogP contribution in [-0.4, -0.2) is 20.4 Å². The molecule has 4 heteroatoms. The summed E-state index contributed by atoms with van der Waals surface area (Å²) in [6.45, 7) is 6.43. The molecular formula is C10H18ClN3. The minimum absolute atomic E-state index is 0.178. The van der Waals surface area contributed by atoms with Gasteiger partial charge in [-0.3, -0.25) is 4.68 Å². The van der Waals surface area contributed by atoms with Gasteiger partial charge in [-0.2, -0.15) is 0 Å². The van der Waals surface area contributed by atoms with Crippen molar-refractivity contribution in [3.8, 4) is 0 Å². The Kier molecular flexibility index (Phi) is 3.93. The number of alkyl halides is 1. The molecule has 0 spiro atoms. The molecule has 0 N–H and O–H groups in total. The summed E-state index contributed by atoms with van der Waals surface area (Å²) < 4.78 is 1.73. The van der Waals surface area contributed by atoms with Gasteiger partial charge in [0.25, 0.3) is 0 Å². The van der Waals surface area contributed by atoms with Crippen LogP contribution in [0.3, 0.4) is 0 Å². The van der Waals surface area contributed by atoms with Crippen LogP contribution >= 0.6 is 11.6 Å². The van der Waals surface area contributed by atoms with E-state index in [1.54, 1.807) is 4.68 Å². The topological polar surface area (TPSA) is 30.7 Å². The van der Waals surface area contributed by atoms with E-state index in [1.807, 2.05) is 20.2 Å². The lowest BCUT2D eigenvalue weighted by Gasteiger charge is -2.21. The summed E-state index contributed by atoms with van der Waals surface area (Å²) in [5.41, 5.74) is 1.03. The summed E-state index contributed by atoms with van der Waals surface area (Å²) in [5.74, 6) is 1.04. The van der Waals surface area contributed by atoms with E-state index in [-0.39, 0.29) is 5.38 Å². The van der Waals surface area contributed by atoms with Gasteiger partial charge < -0.3 is 0 Å². The Balaban J connectivity index is 2.64. The maximum Gasteiger partial charge on any atom is 0.0830 e. The molecule has 3 nitrogen and oxygen atoms in total. The van der Waals surface area contributed by atoms with Gasteiger partial charge >= 0.3 is 0 Å². The predicted molar refractivity (Wildman–Crippen MR) is 58.4 cm³/mol. The SMILES string of the molecule is CC(C)C(Cc1cn(C)nn1)C(C)Cl. The smallest absolute Gasteiger partial charge is 0.0830 e. The van der Waals surface area contributed by atoms with Crippen LogP contribution < -0.4 is 0 Å². The second-order valence-electron chi connectivity index (χ2n) is 4.17. The van der Waals surface area contributed by atoms with E-state index < -0.39 is 0 Å². The first-order valence-corrected chi connectivity index (χ1v) is 5.43. The Morgan fingerprint density at radius 3 is 2.43 bits per heavy atom. The fourth-order valence-corrected chi connectivity index (χ4v) is 2.04. The van der Waals surface area contributed by atoms with Crippen molar-refractivity contribution in [2.24, 2.45) is 18.9 Å². The molecule has 0 aliphatic rings. The van der Waals surface area contributed by atoms with Crippen molar-refractivity contribution >= 4 is 11.6 Å². The molecule has 2 unspecified atom stereocenters. The van der Waals surface area contributed by atoms with Crippen LogP contribution in [0.2, 0.25) is 0 Å². The minimum Gasteiger partial charge on any atom is -0.255 e. The maximum atomic E-state index is 6.14. The molecule has 0 saturated heterocycles. The lowest BCUT2D eigenvalue weighted by molar-refractivity contribution is 0.373. The predicted octanol–water partition coefficient (Wildman–Crippen LogP) is 2.26. The van der Waals surface area contributed by atoms with E-state index >= 15 is 0 Å². The highest BCUT2D eigenvalue weighted by Crippen LogP contribution is 2.23. The fraction of sp³-hybridized carbons (Fsp3) is 0.800. The number of hydrogen-bond acceptors (Lipinski definition) is 2. The van der Waals surface area contributed by atoms with Crippen LogP contribution in [0.4, 0.5) is 0 Å². The van der Waals surface area contributed by atoms with E-state index in [2.05, 4.69) is 24.2 Å². The minimum atomic E-state index is 0.178. The third-order valence-corrected chi connectivity index (χ3v) is 2.86. The highest BCUT2D eigenvalue weighted by atomic mass is 35.5. The average molecular weight is 216 g/mol. The molecule has 1 aromatic rings. The Morgan fingerprint density at radius 1 is 1.43 bits per heavy atom. The van der Waals surface area contributed by atoms with Gasteiger partial charge in [0.2, 0.25) is 0 Å². The second kappa shape index (κ2) is 4.78. The third kappa shape index (κ3) is 2.98. The molecule has 1 aromatic heterocycles. The molecule has 2 atom stereocenters. The molecular weight excluding hydrogens is 198 g/mol. The van der Waals surface area contributed by atoms with E-state index in [9.17, 15) is 0 Å². The summed E-state index contributed by atoms with van der Waals surface area (Å²) >= 11 is 6.14. The highest BCUT2D eigenvalue weighted by Gasteiger charge is 2.20. The van der Waals surface area contributed by atoms with E-state index in [1.165, 1.54) is 0 Å². The van der Waals surface area contributed by atoms with Gasteiger partial charge in [-0.1, -0.05) is 19.1 Å². The zero-order valence-corrected chi connectivity index (χ0v) is 9.99. The largest absolute Gasteiger partial charge is 0.255 e. The van der Waals surface area contributed by atoms with Gasteiger partial charge in [0.1, 0.15) is 0 Å². The Hall–Kier alpha value is -0.570. The van der Waals surface area contributed by atoms with Crippen molar-refractivity contribution in [2.75, 3.05) is 0 Å². The van der Waals surface area contributed by atoms with Crippen LogP contribution in [-0.2, 0) is 13.5 Å². The van der Waals surface area contributed by atoms with Gasteiger partial charge in [-0.05, 0) is 25.2 Å². The number of aromatic nitrogens is 3. The standard InChI is InChI=1S/C10H18ClN3/c1-7(2)10(8(3)11)5-9-6-14(4)13-12-9/h6-8,10H,5H2,1-4H3. The van der Waals surface area contributed by atoms with Crippen LogP contribution in [0.25, 0.3) is 0 Å². The van der Waals surface area contributed by atoms with E-state index in [4.69, 9.17) is 11.6 Å². The molecule has 0 aliphatic heterocycles. The Morgan fingerprint density at radius 2 is 2.07 bits per heavy atom. The van der Waals surface area contributed by atoms with Crippen LogP contribution in [0.15, 0.2) is 6.20 Å². The van der Waals surface area contributed by atoms with Crippen LogP contribution in [0.5, 0.6) is 0 Å². The van der Waals surface area contributed by atoms with E-state index in [0.29, 0.717) is 11.8 Å². The van der Waals surface area contributed by atoms with Crippen LogP contribution in [0.1, 0.15) is 26.5 Å². The summed E-state index contributed by atoms with van der Waals surface area (Å²) in [6, 6.07) is 0. The molecule has 0 saturated carbocycles. The van der Waals surface area contributed by atoms with Gasteiger partial charge in [-0.15, -0.1) is 16.7 Å². The fourth-order valence-electron chi connectivity index (χ4n) is 1.66. The van der Waals surface area contributed by atoms with Crippen LogP contribution in [0, 0.1) is 11.8 Å². The second-order valence-corrected chi connectivity index (χ2v) is 4.86. The molecule has 1 rings (SSSR count). The quantitative estimate of drug-likeness (QED) is 0.722. The molecule has 0 amide bonds. The summed E-state index contributed by atoms with van der Waals surface area (Å²) in [4.78, 5) is 0. The first-order valence-electron chi connectivity index (χ1n) is 5.00. The summed E-state index contributed by atoms with van der Waals surface area (Å²) in [6.07, 6.45) is 2.87. The first-order chi connectivity index (χ1) is 6.50.